The maximum atomic E-state index is 14.1. The largest absolute Gasteiger partial charge is 0.459 e. The third-order valence-corrected chi connectivity index (χ3v) is 10.7. The van der Waals surface area contributed by atoms with E-state index in [9.17, 15) is 24.6 Å². The van der Waals surface area contributed by atoms with E-state index in [0.717, 1.165) is 0 Å². The number of nitrogens with one attached hydrogen (secondary N) is 1. The summed E-state index contributed by atoms with van der Waals surface area (Å²) < 4.78 is 41.9. The molecule has 0 bridgehead atoms. The van der Waals surface area contributed by atoms with E-state index in [0.29, 0.717) is 19.4 Å². The van der Waals surface area contributed by atoms with Crippen molar-refractivity contribution in [3.05, 3.63) is 0 Å². The molecule has 0 saturated carbocycles. The SMILES string of the molecule is CC[C@H]1OC(=O)[C@H](C)[C@@H](OC(=O)NCCCOC)[C@H](C)[C@@H](O[C@@H]2O[C@H](C)C[C@H](N(C)C)[C@H]2O)[C@](C)(OC)C[C@@H](C)C(=O)[C@H](C)[C@@H](OC)[C@]1(C)O. The van der Waals surface area contributed by atoms with Crippen molar-refractivity contribution in [1.29, 1.82) is 0 Å². The molecule has 0 radical (unpaired) electrons. The highest BCUT2D eigenvalue weighted by molar-refractivity contribution is 5.83. The fraction of sp³-hybridized carbons (Fsp3) is 0.917. The topological polar surface area (TPSA) is 172 Å². The lowest BCUT2D eigenvalue weighted by molar-refractivity contribution is -0.301. The number of nitrogens with zero attached hydrogens (tertiary/aromatic N) is 1. The van der Waals surface area contributed by atoms with Crippen LogP contribution in [-0.4, -0.2) is 142 Å². The average Bonchev–Trinajstić information content (AvgIpc) is 3.06. The first-order valence-corrected chi connectivity index (χ1v) is 17.9. The second-order valence-corrected chi connectivity index (χ2v) is 14.9. The van der Waals surface area contributed by atoms with Crippen molar-refractivity contribution in [2.45, 2.75) is 141 Å². The highest BCUT2D eigenvalue weighted by Gasteiger charge is 2.53. The van der Waals surface area contributed by atoms with E-state index in [1.807, 2.05) is 25.9 Å². The fourth-order valence-corrected chi connectivity index (χ4v) is 7.78. The number of Topliss-reactive ketones (excluding diaryl/α,β-unsaturated/α-hetero) is 1. The third kappa shape index (κ3) is 10.6. The van der Waals surface area contributed by atoms with E-state index >= 15 is 0 Å². The number of hydrogen-bond donors (Lipinski definition) is 3. The number of rotatable bonds is 11. The zero-order valence-corrected chi connectivity index (χ0v) is 32.6. The first kappa shape index (κ1) is 44.3. The molecule has 0 unspecified atom stereocenters. The zero-order chi connectivity index (χ0) is 38.1. The molecule has 14 atom stereocenters. The van der Waals surface area contributed by atoms with Gasteiger partial charge in [0.1, 0.15) is 29.7 Å². The molecule has 2 aliphatic rings. The Morgan fingerprint density at radius 2 is 1.68 bits per heavy atom. The minimum absolute atomic E-state index is 0.141. The number of carbonyl (C=O) groups is 3. The van der Waals surface area contributed by atoms with Crippen molar-refractivity contribution in [1.82, 2.24) is 10.2 Å². The molecule has 0 aliphatic carbocycles. The quantitative estimate of drug-likeness (QED) is 0.211. The molecule has 1 amide bonds. The van der Waals surface area contributed by atoms with Crippen LogP contribution >= 0.6 is 0 Å². The number of hydrogen-bond acceptors (Lipinski definition) is 13. The first-order valence-electron chi connectivity index (χ1n) is 17.9. The highest BCUT2D eigenvalue weighted by atomic mass is 16.7. The molecule has 0 aromatic carbocycles. The van der Waals surface area contributed by atoms with Crippen LogP contribution in [0.25, 0.3) is 0 Å². The molecule has 292 valence electrons. The third-order valence-electron chi connectivity index (χ3n) is 10.7. The second kappa shape index (κ2) is 19.2. The molecule has 2 aliphatic heterocycles. The van der Waals surface area contributed by atoms with Gasteiger partial charge in [-0.1, -0.05) is 27.7 Å². The van der Waals surface area contributed by atoms with Gasteiger partial charge in [-0.15, -0.1) is 0 Å². The van der Waals surface area contributed by atoms with Crippen LogP contribution in [0.5, 0.6) is 0 Å². The minimum Gasteiger partial charge on any atom is -0.459 e. The van der Waals surface area contributed by atoms with Gasteiger partial charge in [-0.05, 0) is 67.5 Å². The monoisotopic (exact) mass is 718 g/mol. The van der Waals surface area contributed by atoms with Crippen molar-refractivity contribution in [2.75, 3.05) is 48.6 Å². The summed E-state index contributed by atoms with van der Waals surface area (Å²) in [5, 5.41) is 26.0. The van der Waals surface area contributed by atoms with Gasteiger partial charge in [0.05, 0.1) is 29.8 Å². The van der Waals surface area contributed by atoms with Crippen LogP contribution in [0.3, 0.4) is 0 Å². The molecule has 2 rings (SSSR count). The number of esters is 1. The number of amides is 1. The number of carbonyl (C=O) groups excluding carboxylic acids is 3. The maximum Gasteiger partial charge on any atom is 0.407 e. The highest BCUT2D eigenvalue weighted by Crippen LogP contribution is 2.40. The summed E-state index contributed by atoms with van der Waals surface area (Å²) in [6.07, 6.45) is -5.93. The Hall–Kier alpha value is -1.91. The summed E-state index contributed by atoms with van der Waals surface area (Å²) >= 11 is 0. The molecule has 2 fully saturated rings. The number of ether oxygens (including phenoxy) is 7. The van der Waals surface area contributed by atoms with Gasteiger partial charge in [-0.2, -0.15) is 0 Å². The molecule has 2 heterocycles. The lowest BCUT2D eigenvalue weighted by Crippen LogP contribution is -2.61. The Morgan fingerprint density at radius 3 is 2.22 bits per heavy atom. The van der Waals surface area contributed by atoms with Gasteiger partial charge >= 0.3 is 12.1 Å². The Morgan fingerprint density at radius 1 is 1.04 bits per heavy atom. The Kier molecular flexibility index (Phi) is 17.0. The maximum absolute atomic E-state index is 14.1. The Balaban J connectivity index is 2.76. The van der Waals surface area contributed by atoms with Crippen LogP contribution in [-0.2, 0) is 42.7 Å². The molecule has 0 aromatic rings. The van der Waals surface area contributed by atoms with Gasteiger partial charge < -0.3 is 53.6 Å². The van der Waals surface area contributed by atoms with Crippen LogP contribution < -0.4 is 5.32 Å². The van der Waals surface area contributed by atoms with Crippen molar-refractivity contribution in [2.24, 2.45) is 23.7 Å². The van der Waals surface area contributed by atoms with Crippen molar-refractivity contribution < 1.29 is 57.8 Å². The van der Waals surface area contributed by atoms with Crippen LogP contribution in [0.15, 0.2) is 0 Å². The first-order chi connectivity index (χ1) is 23.3. The van der Waals surface area contributed by atoms with Gasteiger partial charge in [0.25, 0.3) is 0 Å². The lowest BCUT2D eigenvalue weighted by Gasteiger charge is -2.48. The van der Waals surface area contributed by atoms with Gasteiger partial charge in [-0.3, -0.25) is 9.59 Å². The molecule has 3 N–H and O–H groups in total. The van der Waals surface area contributed by atoms with E-state index in [1.54, 1.807) is 48.7 Å². The molecule has 0 aromatic heterocycles. The van der Waals surface area contributed by atoms with Crippen LogP contribution in [0.1, 0.15) is 81.1 Å². The van der Waals surface area contributed by atoms with Gasteiger partial charge in [0.2, 0.25) is 0 Å². The number of cyclic esters (lactones) is 1. The smallest absolute Gasteiger partial charge is 0.407 e. The standard InChI is InChI=1S/C36H66N2O12/c1-14-26-36(8,43)31(45-12)22(4)27(39)20(2)19-35(7,46-13)30(50-33-28(40)25(38(9)10)18-21(3)47-33)23(5)29(24(6)32(41)48-26)49-34(42)37-16-15-17-44-11/h20-26,28-31,33,40,43H,14-19H2,1-13H3,(H,37,42)/t20-,21-,22+,23+,24-,25+,26-,28-,29+,30-,31-,33+,35-,36-/m1/s1. The number of alkyl carbamates (subject to hydrolysis) is 1. The number of likely N-dealkylation sites (N-methyl/N-ethyl adjacent to an activating group) is 1. The summed E-state index contributed by atoms with van der Waals surface area (Å²) in [7, 11) is 8.22. The number of aliphatic hydroxyl groups excluding tert-OH is 1. The Labute approximate surface area is 299 Å². The molecule has 14 heteroatoms. The molecule has 14 nitrogen and oxygen atoms in total. The number of aliphatic hydroxyl groups is 2. The van der Waals surface area contributed by atoms with E-state index in [4.69, 9.17) is 33.2 Å². The number of methoxy groups -OCH3 is 3. The zero-order valence-electron chi connectivity index (χ0n) is 32.6. The summed E-state index contributed by atoms with van der Waals surface area (Å²) in [5.41, 5.74) is -2.99. The van der Waals surface area contributed by atoms with Crippen LogP contribution in [0.4, 0.5) is 4.79 Å². The predicted molar refractivity (Wildman–Crippen MR) is 185 cm³/mol. The lowest BCUT2D eigenvalue weighted by atomic mass is 9.73. The van der Waals surface area contributed by atoms with Crippen LogP contribution in [0, 0.1) is 23.7 Å². The van der Waals surface area contributed by atoms with Crippen molar-refractivity contribution >= 4 is 17.8 Å². The van der Waals surface area contributed by atoms with Crippen LogP contribution in [0.2, 0.25) is 0 Å². The van der Waals surface area contributed by atoms with Gasteiger partial charge in [0.15, 0.2) is 6.29 Å². The van der Waals surface area contributed by atoms with Crippen molar-refractivity contribution in [3.63, 3.8) is 0 Å². The fourth-order valence-electron chi connectivity index (χ4n) is 7.78. The predicted octanol–water partition coefficient (Wildman–Crippen LogP) is 2.94. The molecular weight excluding hydrogens is 652 g/mol. The van der Waals surface area contributed by atoms with E-state index in [1.165, 1.54) is 21.1 Å². The molecule has 50 heavy (non-hydrogen) atoms. The minimum atomic E-state index is -1.75. The summed E-state index contributed by atoms with van der Waals surface area (Å²) in [5.74, 6) is -4.19. The van der Waals surface area contributed by atoms with Gasteiger partial charge in [-0.25, -0.2) is 4.79 Å². The van der Waals surface area contributed by atoms with E-state index < -0.39 is 83.7 Å². The van der Waals surface area contributed by atoms with Gasteiger partial charge in [0, 0.05) is 58.3 Å². The normalized spacial score (nSPS) is 41.0. The average molecular weight is 719 g/mol. The summed E-state index contributed by atoms with van der Waals surface area (Å²) in [6.45, 7) is 14.5. The summed E-state index contributed by atoms with van der Waals surface area (Å²) in [6, 6.07) is -0.281. The van der Waals surface area contributed by atoms with E-state index in [2.05, 4.69) is 5.32 Å². The van der Waals surface area contributed by atoms with E-state index in [-0.39, 0.29) is 37.3 Å². The molecular formula is C36H66N2O12. The molecule has 0 spiro atoms. The van der Waals surface area contributed by atoms with Crippen molar-refractivity contribution in [3.8, 4) is 0 Å². The Bertz CT molecular complexity index is 1090. The second-order valence-electron chi connectivity index (χ2n) is 14.9. The number of ketones is 1. The molecule has 2 saturated heterocycles. The summed E-state index contributed by atoms with van der Waals surface area (Å²) in [4.78, 5) is 43.3.